The third kappa shape index (κ3) is 1.42. The summed E-state index contributed by atoms with van der Waals surface area (Å²) in [6.07, 6.45) is 1.52. The average molecular weight is 192 g/mol. The van der Waals surface area contributed by atoms with E-state index in [0.29, 0.717) is 12.3 Å². The largest absolute Gasteiger partial charge is 0.456 e. The van der Waals surface area contributed by atoms with Crippen molar-refractivity contribution < 1.29 is 4.42 Å². The van der Waals surface area contributed by atoms with Crippen molar-refractivity contribution in [1.29, 1.82) is 0 Å². The third-order valence-corrected chi connectivity index (χ3v) is 2.00. The van der Waals surface area contributed by atoms with Gasteiger partial charge in [0.2, 0.25) is 0 Å². The second-order valence-corrected chi connectivity index (χ2v) is 2.87. The van der Waals surface area contributed by atoms with Gasteiger partial charge in [-0.3, -0.25) is 0 Å². The van der Waals surface area contributed by atoms with Crippen molar-refractivity contribution in [2.45, 2.75) is 20.0 Å². The van der Waals surface area contributed by atoms with Crippen LogP contribution >= 0.6 is 0 Å². The van der Waals surface area contributed by atoms with Gasteiger partial charge in [0.15, 0.2) is 11.6 Å². The monoisotopic (exact) mass is 192 g/mol. The SMILES string of the molecule is CCn1ncnc1-c1ccc(CN)o1. The fourth-order valence-corrected chi connectivity index (χ4v) is 1.29. The number of hydrogen-bond donors (Lipinski definition) is 1. The molecule has 5 nitrogen and oxygen atoms in total. The van der Waals surface area contributed by atoms with Crippen LogP contribution in [0.4, 0.5) is 0 Å². The normalized spacial score (nSPS) is 10.7. The molecule has 0 radical (unpaired) electrons. The summed E-state index contributed by atoms with van der Waals surface area (Å²) in [5.41, 5.74) is 5.45. The topological polar surface area (TPSA) is 69.9 Å². The lowest BCUT2D eigenvalue weighted by Gasteiger charge is -1.98. The van der Waals surface area contributed by atoms with E-state index in [1.165, 1.54) is 6.33 Å². The molecule has 14 heavy (non-hydrogen) atoms. The van der Waals surface area contributed by atoms with Crippen LogP contribution in [0.2, 0.25) is 0 Å². The van der Waals surface area contributed by atoms with Crippen molar-refractivity contribution in [2.24, 2.45) is 5.73 Å². The van der Waals surface area contributed by atoms with Gasteiger partial charge in [0, 0.05) is 6.54 Å². The molecule has 2 aromatic heterocycles. The summed E-state index contributed by atoms with van der Waals surface area (Å²) < 4.78 is 7.25. The van der Waals surface area contributed by atoms with Gasteiger partial charge in [-0.25, -0.2) is 9.67 Å². The zero-order valence-electron chi connectivity index (χ0n) is 7.97. The molecule has 0 aliphatic rings. The molecule has 74 valence electrons. The van der Waals surface area contributed by atoms with Crippen molar-refractivity contribution in [3.05, 3.63) is 24.2 Å². The van der Waals surface area contributed by atoms with Crippen LogP contribution in [0.5, 0.6) is 0 Å². The number of nitrogens with zero attached hydrogens (tertiary/aromatic N) is 3. The molecule has 0 atom stereocenters. The standard InChI is InChI=1S/C9H12N4O/c1-2-13-9(11-6-12-13)8-4-3-7(5-10)14-8/h3-4,6H,2,5,10H2,1H3. The minimum absolute atomic E-state index is 0.403. The van der Waals surface area contributed by atoms with Crippen LogP contribution in [-0.2, 0) is 13.1 Å². The Bertz CT molecular complexity index is 418. The van der Waals surface area contributed by atoms with Gasteiger partial charge in [-0.05, 0) is 19.1 Å². The number of aryl methyl sites for hydroxylation is 1. The van der Waals surface area contributed by atoms with Gasteiger partial charge in [-0.15, -0.1) is 0 Å². The Hall–Kier alpha value is -1.62. The van der Waals surface area contributed by atoms with Crippen molar-refractivity contribution in [2.75, 3.05) is 0 Å². The molecule has 0 bridgehead atoms. The van der Waals surface area contributed by atoms with Gasteiger partial charge < -0.3 is 10.2 Å². The first-order valence-corrected chi connectivity index (χ1v) is 4.52. The maximum Gasteiger partial charge on any atom is 0.194 e. The maximum atomic E-state index is 5.47. The summed E-state index contributed by atoms with van der Waals surface area (Å²) in [4.78, 5) is 4.12. The van der Waals surface area contributed by atoms with Gasteiger partial charge in [0.05, 0.1) is 6.54 Å². The molecule has 0 aromatic carbocycles. The Morgan fingerprint density at radius 1 is 1.50 bits per heavy atom. The van der Waals surface area contributed by atoms with Gasteiger partial charge in [0.25, 0.3) is 0 Å². The molecule has 0 fully saturated rings. The smallest absolute Gasteiger partial charge is 0.194 e. The van der Waals surface area contributed by atoms with Gasteiger partial charge in [-0.1, -0.05) is 0 Å². The number of aromatic nitrogens is 3. The Balaban J connectivity index is 2.38. The van der Waals surface area contributed by atoms with E-state index in [-0.39, 0.29) is 0 Å². The van der Waals surface area contributed by atoms with Crippen LogP contribution in [-0.4, -0.2) is 14.8 Å². The highest BCUT2D eigenvalue weighted by Gasteiger charge is 2.09. The molecule has 2 aromatic rings. The minimum Gasteiger partial charge on any atom is -0.456 e. The van der Waals surface area contributed by atoms with Crippen LogP contribution in [0.1, 0.15) is 12.7 Å². The Labute approximate surface area is 81.5 Å². The lowest BCUT2D eigenvalue weighted by atomic mass is 10.4. The van der Waals surface area contributed by atoms with Crippen LogP contribution in [0, 0.1) is 0 Å². The second kappa shape index (κ2) is 3.63. The zero-order valence-corrected chi connectivity index (χ0v) is 7.97. The molecule has 0 aliphatic carbocycles. The first-order chi connectivity index (χ1) is 6.85. The first kappa shape index (κ1) is 8.96. The van der Waals surface area contributed by atoms with E-state index < -0.39 is 0 Å². The van der Waals surface area contributed by atoms with E-state index in [2.05, 4.69) is 10.1 Å². The minimum atomic E-state index is 0.403. The molecule has 2 N–H and O–H groups in total. The number of hydrogen-bond acceptors (Lipinski definition) is 4. The maximum absolute atomic E-state index is 5.47. The lowest BCUT2D eigenvalue weighted by Crippen LogP contribution is -1.98. The van der Waals surface area contributed by atoms with Crippen molar-refractivity contribution in [3.8, 4) is 11.6 Å². The fraction of sp³-hybridized carbons (Fsp3) is 0.333. The number of furan rings is 1. The molecule has 0 saturated carbocycles. The Kier molecular flexibility index (Phi) is 2.32. The quantitative estimate of drug-likeness (QED) is 0.788. The van der Waals surface area contributed by atoms with Crippen LogP contribution in [0.25, 0.3) is 11.6 Å². The predicted molar refractivity (Wildman–Crippen MR) is 51.3 cm³/mol. The van der Waals surface area contributed by atoms with E-state index in [1.807, 2.05) is 19.1 Å². The van der Waals surface area contributed by atoms with E-state index >= 15 is 0 Å². The molecule has 5 heteroatoms. The third-order valence-electron chi connectivity index (χ3n) is 2.00. The predicted octanol–water partition coefficient (Wildman–Crippen LogP) is 1.02. The summed E-state index contributed by atoms with van der Waals surface area (Å²) in [5.74, 6) is 2.21. The summed E-state index contributed by atoms with van der Waals surface area (Å²) in [6, 6.07) is 3.71. The molecular formula is C9H12N4O. The summed E-state index contributed by atoms with van der Waals surface area (Å²) in [5, 5.41) is 4.06. The van der Waals surface area contributed by atoms with Crippen molar-refractivity contribution in [1.82, 2.24) is 14.8 Å². The molecule has 2 rings (SSSR count). The van der Waals surface area contributed by atoms with Gasteiger partial charge in [-0.2, -0.15) is 5.10 Å². The van der Waals surface area contributed by atoms with Crippen molar-refractivity contribution in [3.63, 3.8) is 0 Å². The highest BCUT2D eigenvalue weighted by atomic mass is 16.3. The second-order valence-electron chi connectivity index (χ2n) is 2.87. The average Bonchev–Trinajstić information content (AvgIpc) is 2.85. The lowest BCUT2D eigenvalue weighted by molar-refractivity contribution is 0.514. The zero-order chi connectivity index (χ0) is 9.97. The summed E-state index contributed by atoms with van der Waals surface area (Å²) in [7, 11) is 0. The van der Waals surface area contributed by atoms with Crippen LogP contribution < -0.4 is 5.73 Å². The Morgan fingerprint density at radius 3 is 3.00 bits per heavy atom. The van der Waals surface area contributed by atoms with E-state index in [0.717, 1.165) is 18.1 Å². The van der Waals surface area contributed by atoms with Crippen LogP contribution in [0.15, 0.2) is 22.9 Å². The number of nitrogens with two attached hydrogens (primary N) is 1. The molecule has 0 spiro atoms. The number of rotatable bonds is 3. The molecule has 2 heterocycles. The molecule has 0 unspecified atom stereocenters. The Morgan fingerprint density at radius 2 is 2.36 bits per heavy atom. The van der Waals surface area contributed by atoms with Crippen LogP contribution in [0.3, 0.4) is 0 Å². The van der Waals surface area contributed by atoms with E-state index in [4.69, 9.17) is 10.2 Å². The summed E-state index contributed by atoms with van der Waals surface area (Å²) in [6.45, 7) is 3.18. The van der Waals surface area contributed by atoms with Crippen molar-refractivity contribution >= 4 is 0 Å². The summed E-state index contributed by atoms with van der Waals surface area (Å²) >= 11 is 0. The van der Waals surface area contributed by atoms with E-state index in [9.17, 15) is 0 Å². The highest BCUT2D eigenvalue weighted by molar-refractivity contribution is 5.46. The van der Waals surface area contributed by atoms with Gasteiger partial charge in [0.1, 0.15) is 12.1 Å². The van der Waals surface area contributed by atoms with E-state index in [1.54, 1.807) is 4.68 Å². The van der Waals surface area contributed by atoms with Gasteiger partial charge >= 0.3 is 0 Å². The molecule has 0 saturated heterocycles. The highest BCUT2D eigenvalue weighted by Crippen LogP contribution is 2.19. The fourth-order valence-electron chi connectivity index (χ4n) is 1.29. The molecule has 0 amide bonds. The first-order valence-electron chi connectivity index (χ1n) is 4.52. The molecular weight excluding hydrogens is 180 g/mol. The molecule has 0 aliphatic heterocycles.